The van der Waals surface area contributed by atoms with Gasteiger partial charge in [-0.05, 0) is 24.3 Å². The highest BCUT2D eigenvalue weighted by atomic mass is 16.5. The van der Waals surface area contributed by atoms with E-state index < -0.39 is 0 Å². The molecule has 0 bridgehead atoms. The molecule has 4 rings (SSSR count). The van der Waals surface area contributed by atoms with Crippen LogP contribution in [-0.4, -0.2) is 15.5 Å². The van der Waals surface area contributed by atoms with Crippen LogP contribution in [-0.2, 0) is 11.3 Å². The summed E-state index contributed by atoms with van der Waals surface area (Å²) in [4.78, 5) is 29.3. The Bertz CT molecular complexity index is 1210. The topological polar surface area (TPSA) is 73.2 Å². The first kappa shape index (κ1) is 19.1. The third kappa shape index (κ3) is 4.62. The van der Waals surface area contributed by atoms with Crippen molar-refractivity contribution in [3.05, 3.63) is 108 Å². The van der Waals surface area contributed by atoms with Gasteiger partial charge in [0.25, 0.3) is 5.56 Å². The molecule has 4 aromatic rings. The van der Waals surface area contributed by atoms with E-state index in [0.717, 1.165) is 5.56 Å². The molecule has 0 spiro atoms. The molecule has 0 aliphatic heterocycles. The zero-order valence-electron chi connectivity index (χ0n) is 16.1. The maximum atomic E-state index is 12.5. The summed E-state index contributed by atoms with van der Waals surface area (Å²) in [6.07, 6.45) is 1.39. The summed E-state index contributed by atoms with van der Waals surface area (Å²) < 4.78 is 7.12. The fourth-order valence-electron chi connectivity index (χ4n) is 2.93. The van der Waals surface area contributed by atoms with E-state index in [2.05, 4.69) is 10.3 Å². The van der Waals surface area contributed by atoms with E-state index in [9.17, 15) is 9.59 Å². The number of hydrogen-bond donors (Lipinski definition) is 1. The summed E-state index contributed by atoms with van der Waals surface area (Å²) >= 11 is 0. The normalized spacial score (nSPS) is 10.4. The molecule has 1 aromatic heterocycles. The van der Waals surface area contributed by atoms with Gasteiger partial charge in [-0.1, -0.05) is 60.7 Å². The van der Waals surface area contributed by atoms with Crippen molar-refractivity contribution in [2.24, 2.45) is 0 Å². The van der Waals surface area contributed by atoms with Crippen LogP contribution in [0.1, 0.15) is 0 Å². The summed E-state index contributed by atoms with van der Waals surface area (Å²) in [6, 6.07) is 27.3. The monoisotopic (exact) mass is 397 g/mol. The SMILES string of the molecule is O=C(Cn1cnc(-c2ccccc2)cc1=O)Nc1ccccc1Oc1ccccc1. The van der Waals surface area contributed by atoms with Gasteiger partial charge < -0.3 is 10.1 Å². The second-order valence-corrected chi connectivity index (χ2v) is 6.57. The van der Waals surface area contributed by atoms with Gasteiger partial charge >= 0.3 is 0 Å². The Balaban J connectivity index is 1.47. The second kappa shape index (κ2) is 8.87. The lowest BCUT2D eigenvalue weighted by molar-refractivity contribution is -0.116. The van der Waals surface area contributed by atoms with E-state index >= 15 is 0 Å². The number of amides is 1. The van der Waals surface area contributed by atoms with Crippen LogP contribution in [0.2, 0.25) is 0 Å². The molecule has 0 radical (unpaired) electrons. The van der Waals surface area contributed by atoms with E-state index in [4.69, 9.17) is 4.74 Å². The van der Waals surface area contributed by atoms with Crippen LogP contribution in [0, 0.1) is 0 Å². The van der Waals surface area contributed by atoms with E-state index in [1.807, 2.05) is 66.7 Å². The molecule has 6 nitrogen and oxygen atoms in total. The lowest BCUT2D eigenvalue weighted by atomic mass is 10.1. The van der Waals surface area contributed by atoms with E-state index in [1.54, 1.807) is 18.2 Å². The molecule has 3 aromatic carbocycles. The Morgan fingerprint density at radius 1 is 0.900 bits per heavy atom. The predicted octanol–water partition coefficient (Wildman–Crippen LogP) is 4.34. The van der Waals surface area contributed by atoms with Crippen molar-refractivity contribution in [3.63, 3.8) is 0 Å². The smallest absolute Gasteiger partial charge is 0.254 e. The van der Waals surface area contributed by atoms with Crippen LogP contribution in [0.3, 0.4) is 0 Å². The largest absolute Gasteiger partial charge is 0.455 e. The number of anilines is 1. The number of nitrogens with zero attached hydrogens (tertiary/aromatic N) is 2. The van der Waals surface area contributed by atoms with Gasteiger partial charge in [0, 0.05) is 11.6 Å². The predicted molar refractivity (Wildman–Crippen MR) is 116 cm³/mol. The number of ether oxygens (including phenoxy) is 1. The minimum absolute atomic E-state index is 0.152. The quantitative estimate of drug-likeness (QED) is 0.525. The lowest BCUT2D eigenvalue weighted by Crippen LogP contribution is -2.27. The van der Waals surface area contributed by atoms with Crippen molar-refractivity contribution >= 4 is 11.6 Å². The van der Waals surface area contributed by atoms with Gasteiger partial charge in [0.2, 0.25) is 5.91 Å². The molecule has 0 aliphatic carbocycles. The molecule has 0 saturated carbocycles. The number of hydrogen-bond acceptors (Lipinski definition) is 4. The van der Waals surface area contributed by atoms with Crippen LogP contribution >= 0.6 is 0 Å². The van der Waals surface area contributed by atoms with Crippen molar-refractivity contribution in [2.45, 2.75) is 6.54 Å². The number of benzene rings is 3. The summed E-state index contributed by atoms with van der Waals surface area (Å²) in [6.45, 7) is -0.152. The number of para-hydroxylation sites is 3. The first-order valence-electron chi connectivity index (χ1n) is 9.43. The summed E-state index contributed by atoms with van der Waals surface area (Å²) in [7, 11) is 0. The molecule has 1 N–H and O–H groups in total. The minimum atomic E-state index is -0.351. The first-order chi connectivity index (χ1) is 14.7. The Morgan fingerprint density at radius 3 is 2.30 bits per heavy atom. The summed E-state index contributed by atoms with van der Waals surface area (Å²) in [5.41, 5.74) is 1.64. The number of carbonyl (C=O) groups is 1. The molecule has 6 heteroatoms. The molecule has 1 heterocycles. The molecule has 0 unspecified atom stereocenters. The Hall–Kier alpha value is -4.19. The van der Waals surface area contributed by atoms with Crippen molar-refractivity contribution < 1.29 is 9.53 Å². The van der Waals surface area contributed by atoms with Crippen LogP contribution in [0.5, 0.6) is 11.5 Å². The highest BCUT2D eigenvalue weighted by molar-refractivity contribution is 5.92. The molecule has 1 amide bonds. The van der Waals surface area contributed by atoms with Gasteiger partial charge in [-0.15, -0.1) is 0 Å². The van der Waals surface area contributed by atoms with Crippen molar-refractivity contribution in [2.75, 3.05) is 5.32 Å². The van der Waals surface area contributed by atoms with E-state index in [0.29, 0.717) is 22.9 Å². The standard InChI is InChI=1S/C24H19N3O3/c28-23(16-27-17-25-21(15-24(27)29)18-9-3-1-4-10-18)26-20-13-7-8-14-22(20)30-19-11-5-2-6-12-19/h1-15,17H,16H2,(H,26,28). The summed E-state index contributed by atoms with van der Waals surface area (Å²) in [5, 5.41) is 2.80. The van der Waals surface area contributed by atoms with Gasteiger partial charge in [0.1, 0.15) is 12.3 Å². The van der Waals surface area contributed by atoms with E-state index in [1.165, 1.54) is 17.0 Å². The lowest BCUT2D eigenvalue weighted by Gasteiger charge is -2.13. The molecule has 0 atom stereocenters. The molecular weight excluding hydrogens is 378 g/mol. The number of rotatable bonds is 6. The van der Waals surface area contributed by atoms with Crippen molar-refractivity contribution in [1.29, 1.82) is 0 Å². The van der Waals surface area contributed by atoms with Crippen LogP contribution in [0.15, 0.2) is 102 Å². The zero-order chi connectivity index (χ0) is 20.8. The zero-order valence-corrected chi connectivity index (χ0v) is 16.1. The number of nitrogens with one attached hydrogen (secondary N) is 1. The Labute approximate surface area is 173 Å². The average Bonchev–Trinajstić information content (AvgIpc) is 2.78. The molecule has 148 valence electrons. The molecule has 0 saturated heterocycles. The van der Waals surface area contributed by atoms with Crippen LogP contribution in [0.25, 0.3) is 11.3 Å². The van der Waals surface area contributed by atoms with Gasteiger partial charge in [-0.25, -0.2) is 4.98 Å². The van der Waals surface area contributed by atoms with Crippen LogP contribution in [0.4, 0.5) is 5.69 Å². The molecular formula is C24H19N3O3. The second-order valence-electron chi connectivity index (χ2n) is 6.57. The Kier molecular flexibility index (Phi) is 5.66. The van der Waals surface area contributed by atoms with Gasteiger partial charge in [0.15, 0.2) is 5.75 Å². The highest BCUT2D eigenvalue weighted by Gasteiger charge is 2.11. The number of aromatic nitrogens is 2. The maximum Gasteiger partial charge on any atom is 0.254 e. The van der Waals surface area contributed by atoms with Crippen molar-refractivity contribution in [3.8, 4) is 22.8 Å². The average molecular weight is 397 g/mol. The summed E-state index contributed by atoms with van der Waals surface area (Å²) in [5.74, 6) is 0.827. The first-order valence-corrected chi connectivity index (χ1v) is 9.43. The van der Waals surface area contributed by atoms with Gasteiger partial charge in [-0.2, -0.15) is 0 Å². The fourth-order valence-corrected chi connectivity index (χ4v) is 2.93. The molecule has 30 heavy (non-hydrogen) atoms. The molecule has 0 aliphatic rings. The third-order valence-corrected chi connectivity index (χ3v) is 4.40. The third-order valence-electron chi connectivity index (χ3n) is 4.40. The van der Waals surface area contributed by atoms with Crippen molar-refractivity contribution in [1.82, 2.24) is 9.55 Å². The van der Waals surface area contributed by atoms with Crippen LogP contribution < -0.4 is 15.6 Å². The maximum absolute atomic E-state index is 12.5. The van der Waals surface area contributed by atoms with Gasteiger partial charge in [0.05, 0.1) is 17.7 Å². The van der Waals surface area contributed by atoms with Gasteiger partial charge in [-0.3, -0.25) is 14.2 Å². The van der Waals surface area contributed by atoms with E-state index in [-0.39, 0.29) is 18.0 Å². The fraction of sp³-hybridized carbons (Fsp3) is 0.0417. The number of carbonyl (C=O) groups excluding carboxylic acids is 1. The highest BCUT2D eigenvalue weighted by Crippen LogP contribution is 2.29. The minimum Gasteiger partial charge on any atom is -0.455 e. The Morgan fingerprint density at radius 2 is 1.57 bits per heavy atom. The molecule has 0 fully saturated rings.